The Morgan fingerprint density at radius 2 is 2.32 bits per heavy atom. The van der Waals surface area contributed by atoms with Gasteiger partial charge in [-0.05, 0) is 39.7 Å². The quantitative estimate of drug-likeness (QED) is 0.865. The molecular formula is C12H20N4O2S. The molecule has 0 aliphatic heterocycles. The Morgan fingerprint density at radius 3 is 2.84 bits per heavy atom. The first-order chi connectivity index (χ1) is 8.98. The molecule has 0 spiro atoms. The maximum absolute atomic E-state index is 11.5. The average Bonchev–Trinajstić information content (AvgIpc) is 2.71. The van der Waals surface area contributed by atoms with Crippen molar-refractivity contribution in [2.75, 3.05) is 7.05 Å². The van der Waals surface area contributed by atoms with Gasteiger partial charge >= 0.3 is 5.97 Å². The number of hydrogen-bond donors (Lipinski definition) is 2. The van der Waals surface area contributed by atoms with Gasteiger partial charge in [0.25, 0.3) is 0 Å². The number of thioether (sulfide) groups is 1. The highest BCUT2D eigenvalue weighted by molar-refractivity contribution is 7.99. The molecule has 2 N–H and O–H groups in total. The highest BCUT2D eigenvalue weighted by Crippen LogP contribution is 2.37. The first kappa shape index (κ1) is 14.3. The molecule has 0 bridgehead atoms. The Morgan fingerprint density at radius 1 is 1.58 bits per heavy atom. The van der Waals surface area contributed by atoms with Crippen molar-refractivity contribution >= 4 is 17.7 Å². The number of carboxylic acid groups (broad SMARTS) is 1. The maximum Gasteiger partial charge on any atom is 0.323 e. The second-order valence-corrected chi connectivity index (χ2v) is 6.33. The van der Waals surface area contributed by atoms with E-state index in [0.29, 0.717) is 12.8 Å². The lowest BCUT2D eigenvalue weighted by atomic mass is 9.81. The van der Waals surface area contributed by atoms with Crippen LogP contribution in [0.4, 0.5) is 0 Å². The van der Waals surface area contributed by atoms with Gasteiger partial charge in [0, 0.05) is 12.3 Å². The van der Waals surface area contributed by atoms with Crippen molar-refractivity contribution in [3.05, 3.63) is 5.82 Å². The highest BCUT2D eigenvalue weighted by atomic mass is 32.2. The van der Waals surface area contributed by atoms with Crippen molar-refractivity contribution in [2.24, 2.45) is 7.05 Å². The van der Waals surface area contributed by atoms with Gasteiger partial charge in [0.2, 0.25) is 0 Å². The Kier molecular flexibility index (Phi) is 4.15. The van der Waals surface area contributed by atoms with Crippen molar-refractivity contribution < 1.29 is 9.90 Å². The van der Waals surface area contributed by atoms with Crippen LogP contribution in [-0.2, 0) is 11.8 Å². The normalized spacial score (nSPS) is 27.4. The summed E-state index contributed by atoms with van der Waals surface area (Å²) in [6.07, 6.45) is 3.25. The summed E-state index contributed by atoms with van der Waals surface area (Å²) in [5.74, 6) is 0.117. The van der Waals surface area contributed by atoms with Crippen molar-refractivity contribution in [1.29, 1.82) is 0 Å². The van der Waals surface area contributed by atoms with Gasteiger partial charge in [-0.1, -0.05) is 11.8 Å². The van der Waals surface area contributed by atoms with Crippen LogP contribution in [0.25, 0.3) is 0 Å². The number of nitrogens with one attached hydrogen (secondary N) is 1. The van der Waals surface area contributed by atoms with Gasteiger partial charge in [-0.15, -0.1) is 10.2 Å². The summed E-state index contributed by atoms with van der Waals surface area (Å²) in [7, 11) is 3.66. The van der Waals surface area contributed by atoms with E-state index in [1.807, 2.05) is 18.5 Å². The molecule has 2 unspecified atom stereocenters. The number of likely N-dealkylation sites (N-methyl/N-ethyl adjacent to an activating group) is 1. The molecule has 2 atom stereocenters. The zero-order valence-electron chi connectivity index (χ0n) is 11.5. The second kappa shape index (κ2) is 5.50. The van der Waals surface area contributed by atoms with Gasteiger partial charge in [0.05, 0.1) is 0 Å². The molecule has 19 heavy (non-hydrogen) atoms. The fourth-order valence-electron chi connectivity index (χ4n) is 2.49. The molecule has 1 aromatic rings. The number of aryl methyl sites for hydroxylation is 1. The first-order valence-electron chi connectivity index (χ1n) is 6.43. The molecule has 106 valence electrons. The minimum atomic E-state index is -0.788. The molecule has 7 heteroatoms. The molecule has 1 aliphatic rings. The third-order valence-electron chi connectivity index (χ3n) is 3.92. The number of aliphatic carboxylic acids is 1. The molecular weight excluding hydrogens is 264 g/mol. The minimum Gasteiger partial charge on any atom is -0.480 e. The lowest BCUT2D eigenvalue weighted by molar-refractivity contribution is -0.146. The van der Waals surface area contributed by atoms with E-state index in [-0.39, 0.29) is 5.25 Å². The van der Waals surface area contributed by atoms with Gasteiger partial charge in [0.15, 0.2) is 5.16 Å². The Bertz CT molecular complexity index is 476. The standard InChI is InChI=1S/C12H20N4O2S/c1-8-14-15-11(16(8)3)19-9-5-4-6-12(7-9,13-2)10(17)18/h9,13H,4-7H2,1-3H3,(H,17,18). The fraction of sp³-hybridized carbons (Fsp3) is 0.750. The largest absolute Gasteiger partial charge is 0.480 e. The maximum atomic E-state index is 11.5. The van der Waals surface area contributed by atoms with E-state index < -0.39 is 11.5 Å². The molecule has 6 nitrogen and oxygen atoms in total. The molecule has 0 radical (unpaired) electrons. The molecule has 1 aromatic heterocycles. The van der Waals surface area contributed by atoms with Crippen molar-refractivity contribution in [2.45, 2.75) is 48.6 Å². The molecule has 1 saturated carbocycles. The van der Waals surface area contributed by atoms with E-state index in [4.69, 9.17) is 0 Å². The summed E-state index contributed by atoms with van der Waals surface area (Å²) in [4.78, 5) is 11.5. The summed E-state index contributed by atoms with van der Waals surface area (Å²) in [5, 5.41) is 21.7. The number of carboxylic acids is 1. The number of carbonyl (C=O) groups is 1. The lowest BCUT2D eigenvalue weighted by Crippen LogP contribution is -2.53. The second-order valence-electron chi connectivity index (χ2n) is 5.06. The first-order valence-corrected chi connectivity index (χ1v) is 7.31. The Hall–Kier alpha value is -1.08. The zero-order chi connectivity index (χ0) is 14.0. The van der Waals surface area contributed by atoms with Crippen LogP contribution < -0.4 is 5.32 Å². The van der Waals surface area contributed by atoms with Crippen LogP contribution >= 0.6 is 11.8 Å². The topological polar surface area (TPSA) is 80.0 Å². The van der Waals surface area contributed by atoms with Gasteiger partial charge in [-0.2, -0.15) is 0 Å². The molecule has 0 saturated heterocycles. The van der Waals surface area contributed by atoms with Crippen LogP contribution in [0.2, 0.25) is 0 Å². The summed E-state index contributed by atoms with van der Waals surface area (Å²) in [6.45, 7) is 1.91. The number of rotatable bonds is 4. The van der Waals surface area contributed by atoms with E-state index in [2.05, 4.69) is 15.5 Å². The highest BCUT2D eigenvalue weighted by Gasteiger charge is 2.42. The smallest absolute Gasteiger partial charge is 0.323 e. The van der Waals surface area contributed by atoms with E-state index in [0.717, 1.165) is 23.8 Å². The van der Waals surface area contributed by atoms with Gasteiger partial charge < -0.3 is 15.0 Å². The average molecular weight is 284 g/mol. The Balaban J connectivity index is 2.10. The van der Waals surface area contributed by atoms with Crippen LogP contribution in [-0.4, -0.2) is 43.7 Å². The van der Waals surface area contributed by atoms with Crippen molar-refractivity contribution in [3.8, 4) is 0 Å². The monoisotopic (exact) mass is 284 g/mol. The molecule has 0 aromatic carbocycles. The minimum absolute atomic E-state index is 0.264. The van der Waals surface area contributed by atoms with Crippen LogP contribution in [0.1, 0.15) is 31.5 Å². The molecule has 2 rings (SSSR count). The van der Waals surface area contributed by atoms with Crippen LogP contribution in [0.15, 0.2) is 5.16 Å². The third-order valence-corrected chi connectivity index (χ3v) is 5.22. The van der Waals surface area contributed by atoms with Crippen LogP contribution in [0.3, 0.4) is 0 Å². The molecule has 1 fully saturated rings. The van der Waals surface area contributed by atoms with E-state index in [1.165, 1.54) is 0 Å². The summed E-state index contributed by atoms with van der Waals surface area (Å²) >= 11 is 1.63. The van der Waals surface area contributed by atoms with E-state index in [1.54, 1.807) is 18.8 Å². The molecule has 1 aliphatic carbocycles. The predicted molar refractivity (Wildman–Crippen MR) is 73.3 cm³/mol. The van der Waals surface area contributed by atoms with E-state index in [9.17, 15) is 9.90 Å². The van der Waals surface area contributed by atoms with Crippen molar-refractivity contribution in [1.82, 2.24) is 20.1 Å². The van der Waals surface area contributed by atoms with Crippen LogP contribution in [0, 0.1) is 6.92 Å². The summed E-state index contributed by atoms with van der Waals surface area (Å²) < 4.78 is 1.95. The van der Waals surface area contributed by atoms with Gasteiger partial charge in [0.1, 0.15) is 11.4 Å². The fourth-order valence-corrected chi connectivity index (χ4v) is 3.82. The van der Waals surface area contributed by atoms with Crippen LogP contribution in [0.5, 0.6) is 0 Å². The SMILES string of the molecule is CNC1(C(=O)O)CCCC(Sc2nnc(C)n2C)C1. The number of aromatic nitrogens is 3. The predicted octanol–water partition coefficient (Wildman–Crippen LogP) is 1.20. The third kappa shape index (κ3) is 2.76. The number of hydrogen-bond acceptors (Lipinski definition) is 5. The van der Waals surface area contributed by atoms with Crippen molar-refractivity contribution in [3.63, 3.8) is 0 Å². The van der Waals surface area contributed by atoms with Gasteiger partial charge in [-0.25, -0.2) is 0 Å². The summed E-state index contributed by atoms with van der Waals surface area (Å²) in [6, 6.07) is 0. The Labute approximate surface area is 117 Å². The van der Waals surface area contributed by atoms with Gasteiger partial charge in [-0.3, -0.25) is 4.79 Å². The summed E-state index contributed by atoms with van der Waals surface area (Å²) in [5.41, 5.74) is -0.788. The number of nitrogens with zero attached hydrogens (tertiary/aromatic N) is 3. The lowest BCUT2D eigenvalue weighted by Gasteiger charge is -2.36. The zero-order valence-corrected chi connectivity index (χ0v) is 12.3. The van der Waals surface area contributed by atoms with E-state index >= 15 is 0 Å². The molecule has 1 heterocycles. The molecule has 0 amide bonds.